The molecule has 0 radical (unpaired) electrons. The maximum atomic E-state index is 6.12. The Labute approximate surface area is 117 Å². The molecule has 1 saturated carbocycles. The molecule has 1 aromatic carbocycles. The van der Waals surface area contributed by atoms with Gasteiger partial charge in [0, 0.05) is 6.04 Å². The van der Waals surface area contributed by atoms with Crippen molar-refractivity contribution < 1.29 is 0 Å². The maximum absolute atomic E-state index is 6.12. The standard InChI is InChI=1S/C13H16Cl3N/c1-8(5-9-3-2-4-9)17-13-7-11(15)10(14)6-12(13)16/h6-9,17H,2-5H2,1H3. The Morgan fingerprint density at radius 3 is 2.41 bits per heavy atom. The predicted octanol–water partition coefficient (Wildman–Crippen LogP) is 5.64. The first kappa shape index (κ1) is 13.3. The van der Waals surface area contributed by atoms with Gasteiger partial charge in [0.1, 0.15) is 0 Å². The van der Waals surface area contributed by atoms with Crippen molar-refractivity contribution in [1.82, 2.24) is 0 Å². The third kappa shape index (κ3) is 3.43. The highest BCUT2D eigenvalue weighted by Crippen LogP contribution is 2.34. The van der Waals surface area contributed by atoms with Crippen molar-refractivity contribution in [1.29, 1.82) is 0 Å². The van der Waals surface area contributed by atoms with Crippen LogP contribution in [0.25, 0.3) is 0 Å². The molecule has 1 nitrogen and oxygen atoms in total. The Bertz CT molecular complexity index is 402. The molecule has 1 atom stereocenters. The summed E-state index contributed by atoms with van der Waals surface area (Å²) in [6.07, 6.45) is 5.30. The highest BCUT2D eigenvalue weighted by atomic mass is 35.5. The van der Waals surface area contributed by atoms with Crippen LogP contribution in [0.3, 0.4) is 0 Å². The van der Waals surface area contributed by atoms with E-state index < -0.39 is 0 Å². The zero-order chi connectivity index (χ0) is 12.4. The van der Waals surface area contributed by atoms with Gasteiger partial charge in [0.2, 0.25) is 0 Å². The molecule has 17 heavy (non-hydrogen) atoms. The minimum absolute atomic E-state index is 0.412. The molecular weight excluding hydrogens is 277 g/mol. The van der Waals surface area contributed by atoms with E-state index in [1.54, 1.807) is 12.1 Å². The van der Waals surface area contributed by atoms with Gasteiger partial charge in [-0.05, 0) is 31.4 Å². The van der Waals surface area contributed by atoms with Crippen molar-refractivity contribution in [3.8, 4) is 0 Å². The maximum Gasteiger partial charge on any atom is 0.0653 e. The average molecular weight is 293 g/mol. The first-order valence-electron chi connectivity index (χ1n) is 5.97. The predicted molar refractivity (Wildman–Crippen MR) is 76.5 cm³/mol. The Morgan fingerprint density at radius 2 is 1.82 bits per heavy atom. The van der Waals surface area contributed by atoms with Crippen LogP contribution in [0.4, 0.5) is 5.69 Å². The first-order valence-corrected chi connectivity index (χ1v) is 7.10. The number of rotatable bonds is 4. The van der Waals surface area contributed by atoms with E-state index in [-0.39, 0.29) is 0 Å². The zero-order valence-electron chi connectivity index (χ0n) is 9.77. The van der Waals surface area contributed by atoms with Crippen LogP contribution >= 0.6 is 34.8 Å². The van der Waals surface area contributed by atoms with Crippen LogP contribution in [0.5, 0.6) is 0 Å². The molecular formula is C13H16Cl3N. The Morgan fingerprint density at radius 1 is 1.18 bits per heavy atom. The Hall–Kier alpha value is -0.110. The zero-order valence-corrected chi connectivity index (χ0v) is 12.0. The minimum Gasteiger partial charge on any atom is -0.381 e. The van der Waals surface area contributed by atoms with Crippen LogP contribution in [0.1, 0.15) is 32.6 Å². The summed E-state index contributed by atoms with van der Waals surface area (Å²) in [4.78, 5) is 0. The summed E-state index contributed by atoms with van der Waals surface area (Å²) in [5, 5.41) is 5.06. The second-order valence-corrected chi connectivity index (χ2v) is 6.05. The second kappa shape index (κ2) is 5.69. The highest BCUT2D eigenvalue weighted by molar-refractivity contribution is 6.44. The van der Waals surface area contributed by atoms with Gasteiger partial charge in [0.25, 0.3) is 0 Å². The summed E-state index contributed by atoms with van der Waals surface area (Å²) in [7, 11) is 0. The van der Waals surface area contributed by atoms with Crippen LogP contribution in [0.15, 0.2) is 12.1 Å². The lowest BCUT2D eigenvalue weighted by atomic mass is 9.81. The summed E-state index contributed by atoms with van der Waals surface area (Å²) in [6, 6.07) is 3.89. The molecule has 1 aliphatic carbocycles. The van der Waals surface area contributed by atoms with Crippen molar-refractivity contribution >= 4 is 40.5 Å². The average Bonchev–Trinajstić information content (AvgIpc) is 2.20. The summed E-state index contributed by atoms with van der Waals surface area (Å²) in [6.45, 7) is 2.18. The molecule has 0 saturated heterocycles. The number of hydrogen-bond acceptors (Lipinski definition) is 1. The molecule has 1 aliphatic rings. The Balaban J connectivity index is 1.99. The topological polar surface area (TPSA) is 12.0 Å². The number of hydrogen-bond donors (Lipinski definition) is 1. The lowest BCUT2D eigenvalue weighted by Gasteiger charge is -2.29. The summed E-state index contributed by atoms with van der Waals surface area (Å²) >= 11 is 18.0. The molecule has 0 heterocycles. The summed E-state index contributed by atoms with van der Waals surface area (Å²) < 4.78 is 0. The van der Waals surface area contributed by atoms with Gasteiger partial charge in [-0.3, -0.25) is 0 Å². The molecule has 4 heteroatoms. The first-order chi connectivity index (χ1) is 8.06. The lowest BCUT2D eigenvalue weighted by Crippen LogP contribution is -2.23. The van der Waals surface area contributed by atoms with E-state index >= 15 is 0 Å². The fourth-order valence-corrected chi connectivity index (χ4v) is 2.79. The van der Waals surface area contributed by atoms with Gasteiger partial charge >= 0.3 is 0 Å². The van der Waals surface area contributed by atoms with Crippen LogP contribution in [0.2, 0.25) is 15.1 Å². The van der Waals surface area contributed by atoms with E-state index in [1.807, 2.05) is 0 Å². The third-order valence-electron chi connectivity index (χ3n) is 3.32. The quantitative estimate of drug-likeness (QED) is 0.708. The van der Waals surface area contributed by atoms with Gasteiger partial charge in [-0.2, -0.15) is 0 Å². The van der Waals surface area contributed by atoms with Gasteiger partial charge < -0.3 is 5.32 Å². The minimum atomic E-state index is 0.412. The highest BCUT2D eigenvalue weighted by Gasteiger charge is 2.20. The van der Waals surface area contributed by atoms with Gasteiger partial charge in [-0.25, -0.2) is 0 Å². The van der Waals surface area contributed by atoms with Crippen molar-refractivity contribution in [2.45, 2.75) is 38.6 Å². The van der Waals surface area contributed by atoms with Crippen molar-refractivity contribution in [2.75, 3.05) is 5.32 Å². The lowest BCUT2D eigenvalue weighted by molar-refractivity contribution is 0.286. The van der Waals surface area contributed by atoms with Crippen LogP contribution in [0, 0.1) is 5.92 Å². The number of anilines is 1. The molecule has 0 spiro atoms. The fourth-order valence-electron chi connectivity index (χ4n) is 2.19. The van der Waals surface area contributed by atoms with E-state index in [4.69, 9.17) is 34.8 Å². The SMILES string of the molecule is CC(CC1CCC1)Nc1cc(Cl)c(Cl)cc1Cl. The molecule has 1 N–H and O–H groups in total. The van der Waals surface area contributed by atoms with Crippen molar-refractivity contribution in [3.63, 3.8) is 0 Å². The number of nitrogens with one attached hydrogen (secondary N) is 1. The van der Waals surface area contributed by atoms with Crippen LogP contribution < -0.4 is 5.32 Å². The number of halogens is 3. The Kier molecular flexibility index (Phi) is 4.46. The molecule has 94 valence electrons. The molecule has 1 unspecified atom stereocenters. The largest absolute Gasteiger partial charge is 0.381 e. The van der Waals surface area contributed by atoms with Crippen LogP contribution in [-0.2, 0) is 0 Å². The third-order valence-corrected chi connectivity index (χ3v) is 4.36. The normalized spacial score (nSPS) is 17.6. The molecule has 1 aromatic rings. The van der Waals surface area contributed by atoms with E-state index in [0.717, 1.165) is 11.6 Å². The molecule has 1 fully saturated rings. The molecule has 0 amide bonds. The molecule has 0 bridgehead atoms. The van der Waals surface area contributed by atoms with E-state index in [2.05, 4.69) is 12.2 Å². The smallest absolute Gasteiger partial charge is 0.0653 e. The molecule has 0 aliphatic heterocycles. The monoisotopic (exact) mass is 291 g/mol. The van der Waals surface area contributed by atoms with Gasteiger partial charge in [0.05, 0.1) is 20.8 Å². The van der Waals surface area contributed by atoms with E-state index in [1.165, 1.54) is 25.7 Å². The summed E-state index contributed by atoms with van der Waals surface area (Å²) in [5.41, 5.74) is 0.868. The summed E-state index contributed by atoms with van der Waals surface area (Å²) in [5.74, 6) is 0.874. The fraction of sp³-hybridized carbons (Fsp3) is 0.538. The van der Waals surface area contributed by atoms with Crippen LogP contribution in [-0.4, -0.2) is 6.04 Å². The van der Waals surface area contributed by atoms with Gasteiger partial charge in [0.15, 0.2) is 0 Å². The molecule has 0 aromatic heterocycles. The van der Waals surface area contributed by atoms with Gasteiger partial charge in [-0.15, -0.1) is 0 Å². The second-order valence-electron chi connectivity index (χ2n) is 4.82. The van der Waals surface area contributed by atoms with Crippen molar-refractivity contribution in [2.24, 2.45) is 5.92 Å². The van der Waals surface area contributed by atoms with Gasteiger partial charge in [-0.1, -0.05) is 54.1 Å². The van der Waals surface area contributed by atoms with E-state index in [0.29, 0.717) is 21.1 Å². The van der Waals surface area contributed by atoms with E-state index in [9.17, 15) is 0 Å². The molecule has 2 rings (SSSR count). The van der Waals surface area contributed by atoms with Crippen molar-refractivity contribution in [3.05, 3.63) is 27.2 Å². The number of benzene rings is 1.